The third kappa shape index (κ3) is 3.17. The van der Waals surface area contributed by atoms with Crippen molar-refractivity contribution in [2.45, 2.75) is 0 Å². The molecule has 2 heterocycles. The van der Waals surface area contributed by atoms with Gasteiger partial charge in [-0.1, -0.05) is 0 Å². The highest BCUT2D eigenvalue weighted by atomic mass is 16.4. The Labute approximate surface area is 99.2 Å². The first-order chi connectivity index (χ1) is 8.25. The summed E-state index contributed by atoms with van der Waals surface area (Å²) in [6.07, 6.45) is 6.22. The molecule has 2 rings (SSSR count). The van der Waals surface area contributed by atoms with Crippen molar-refractivity contribution in [1.29, 1.82) is 0 Å². The van der Waals surface area contributed by atoms with Gasteiger partial charge in [0.25, 0.3) is 0 Å². The van der Waals surface area contributed by atoms with E-state index in [1.54, 1.807) is 24.7 Å². The SMILES string of the molecule is O=C(O)C=CN1CCN(c2ncccn2)CC1. The topological polar surface area (TPSA) is 69.6 Å². The van der Waals surface area contributed by atoms with Crippen molar-refractivity contribution in [3.8, 4) is 0 Å². The molecule has 6 nitrogen and oxygen atoms in total. The van der Waals surface area contributed by atoms with Crippen molar-refractivity contribution in [1.82, 2.24) is 14.9 Å². The van der Waals surface area contributed by atoms with Crippen LogP contribution in [-0.4, -0.2) is 52.1 Å². The summed E-state index contributed by atoms with van der Waals surface area (Å²) in [6.45, 7) is 3.16. The number of hydrogen-bond acceptors (Lipinski definition) is 5. The van der Waals surface area contributed by atoms with Crippen LogP contribution in [0.4, 0.5) is 5.95 Å². The lowest BCUT2D eigenvalue weighted by Crippen LogP contribution is -2.44. The van der Waals surface area contributed by atoms with Gasteiger partial charge in [-0.25, -0.2) is 14.8 Å². The Hall–Kier alpha value is -2.11. The molecule has 90 valence electrons. The predicted octanol–water partition coefficient (Wildman–Crippen LogP) is 0.197. The minimum atomic E-state index is -0.918. The zero-order valence-corrected chi connectivity index (χ0v) is 9.36. The number of carboxylic acids is 1. The van der Waals surface area contributed by atoms with E-state index < -0.39 is 5.97 Å². The van der Waals surface area contributed by atoms with Gasteiger partial charge in [-0.15, -0.1) is 0 Å². The van der Waals surface area contributed by atoms with Gasteiger partial charge in [-0.05, 0) is 6.07 Å². The molecule has 1 N–H and O–H groups in total. The molecule has 17 heavy (non-hydrogen) atoms. The van der Waals surface area contributed by atoms with Crippen LogP contribution < -0.4 is 4.90 Å². The second-order valence-corrected chi connectivity index (χ2v) is 3.73. The van der Waals surface area contributed by atoms with Crippen LogP contribution in [0, 0.1) is 0 Å². The summed E-state index contributed by atoms with van der Waals surface area (Å²) in [4.78, 5) is 22.8. The standard InChI is InChI=1S/C11H14N4O2/c16-10(17)2-5-14-6-8-15(9-7-14)11-12-3-1-4-13-11/h1-5H,6-9H2,(H,16,17). The summed E-state index contributed by atoms with van der Waals surface area (Å²) in [5.74, 6) is -0.187. The van der Waals surface area contributed by atoms with E-state index in [1.807, 2.05) is 4.90 Å². The quantitative estimate of drug-likeness (QED) is 0.753. The zero-order valence-electron chi connectivity index (χ0n) is 9.36. The van der Waals surface area contributed by atoms with Crippen molar-refractivity contribution < 1.29 is 9.90 Å². The summed E-state index contributed by atoms with van der Waals surface area (Å²) in [6, 6.07) is 1.79. The Morgan fingerprint density at radius 1 is 1.24 bits per heavy atom. The van der Waals surface area contributed by atoms with E-state index in [1.165, 1.54) is 0 Å². The number of carboxylic acid groups (broad SMARTS) is 1. The average Bonchev–Trinajstić information content (AvgIpc) is 2.38. The Balaban J connectivity index is 1.88. The monoisotopic (exact) mass is 234 g/mol. The van der Waals surface area contributed by atoms with E-state index in [4.69, 9.17) is 5.11 Å². The lowest BCUT2D eigenvalue weighted by Gasteiger charge is -2.33. The summed E-state index contributed by atoms with van der Waals surface area (Å²) >= 11 is 0. The summed E-state index contributed by atoms with van der Waals surface area (Å²) < 4.78 is 0. The number of rotatable bonds is 3. The molecule has 0 amide bonds. The largest absolute Gasteiger partial charge is 0.478 e. The number of aliphatic carboxylic acids is 1. The molecule has 0 radical (unpaired) electrons. The lowest BCUT2D eigenvalue weighted by atomic mass is 10.3. The number of aromatic nitrogens is 2. The normalized spacial score (nSPS) is 16.5. The first-order valence-corrected chi connectivity index (χ1v) is 5.43. The molecule has 1 fully saturated rings. The van der Waals surface area contributed by atoms with Crippen molar-refractivity contribution in [2.75, 3.05) is 31.1 Å². The van der Waals surface area contributed by atoms with Gasteiger partial charge < -0.3 is 14.9 Å². The van der Waals surface area contributed by atoms with Crippen molar-refractivity contribution in [3.63, 3.8) is 0 Å². The van der Waals surface area contributed by atoms with Gasteiger partial charge in [0, 0.05) is 50.8 Å². The van der Waals surface area contributed by atoms with Crippen LogP contribution in [0.3, 0.4) is 0 Å². The summed E-state index contributed by atoms with van der Waals surface area (Å²) in [7, 11) is 0. The van der Waals surface area contributed by atoms with Gasteiger partial charge in [-0.2, -0.15) is 0 Å². The molecule has 6 heteroatoms. The highest BCUT2D eigenvalue weighted by Crippen LogP contribution is 2.09. The second-order valence-electron chi connectivity index (χ2n) is 3.73. The van der Waals surface area contributed by atoms with Crippen LogP contribution in [0.1, 0.15) is 0 Å². The minimum absolute atomic E-state index is 0.731. The fraction of sp³-hybridized carbons (Fsp3) is 0.364. The maximum absolute atomic E-state index is 10.4. The van der Waals surface area contributed by atoms with Crippen molar-refractivity contribution in [2.24, 2.45) is 0 Å². The van der Waals surface area contributed by atoms with Gasteiger partial charge in [0.2, 0.25) is 5.95 Å². The van der Waals surface area contributed by atoms with Gasteiger partial charge in [-0.3, -0.25) is 0 Å². The number of carbonyl (C=O) groups is 1. The maximum atomic E-state index is 10.4. The van der Waals surface area contributed by atoms with E-state index in [0.29, 0.717) is 0 Å². The highest BCUT2D eigenvalue weighted by Gasteiger charge is 2.16. The van der Waals surface area contributed by atoms with Crippen LogP contribution in [0.2, 0.25) is 0 Å². The van der Waals surface area contributed by atoms with E-state index >= 15 is 0 Å². The molecular formula is C11H14N4O2. The molecule has 0 spiro atoms. The molecular weight excluding hydrogens is 220 g/mol. The summed E-state index contributed by atoms with van der Waals surface area (Å²) in [5.41, 5.74) is 0. The van der Waals surface area contributed by atoms with Gasteiger partial charge in [0.1, 0.15) is 0 Å². The number of piperazine rings is 1. The Kier molecular flexibility index (Phi) is 3.54. The smallest absolute Gasteiger partial charge is 0.329 e. The number of nitrogens with zero attached hydrogens (tertiary/aromatic N) is 4. The molecule has 0 saturated carbocycles. The highest BCUT2D eigenvalue weighted by molar-refractivity contribution is 5.79. The molecule has 0 atom stereocenters. The third-order valence-electron chi connectivity index (χ3n) is 2.58. The van der Waals surface area contributed by atoms with E-state index in [9.17, 15) is 4.79 Å². The van der Waals surface area contributed by atoms with Gasteiger partial charge in [0.15, 0.2) is 0 Å². The van der Waals surface area contributed by atoms with Crippen LogP contribution in [0.5, 0.6) is 0 Å². The fourth-order valence-electron chi connectivity index (χ4n) is 1.69. The minimum Gasteiger partial charge on any atom is -0.478 e. The van der Waals surface area contributed by atoms with Gasteiger partial charge >= 0.3 is 5.97 Å². The Morgan fingerprint density at radius 2 is 1.88 bits per heavy atom. The van der Waals surface area contributed by atoms with E-state index in [2.05, 4.69) is 14.9 Å². The molecule has 0 aromatic carbocycles. The molecule has 1 aliphatic heterocycles. The van der Waals surface area contributed by atoms with Crippen LogP contribution in [-0.2, 0) is 4.79 Å². The van der Waals surface area contributed by atoms with Crippen LogP contribution in [0.15, 0.2) is 30.7 Å². The fourth-order valence-corrected chi connectivity index (χ4v) is 1.69. The summed E-state index contributed by atoms with van der Waals surface area (Å²) in [5, 5.41) is 8.53. The third-order valence-corrected chi connectivity index (χ3v) is 2.58. The van der Waals surface area contributed by atoms with Gasteiger partial charge in [0.05, 0.1) is 0 Å². The zero-order chi connectivity index (χ0) is 12.1. The molecule has 1 aromatic rings. The van der Waals surface area contributed by atoms with Crippen LogP contribution >= 0.6 is 0 Å². The van der Waals surface area contributed by atoms with Crippen molar-refractivity contribution >= 4 is 11.9 Å². The first kappa shape index (κ1) is 11.4. The Bertz CT molecular complexity index is 399. The second kappa shape index (κ2) is 5.29. The Morgan fingerprint density at radius 3 is 2.47 bits per heavy atom. The molecule has 0 aliphatic carbocycles. The van der Waals surface area contributed by atoms with E-state index in [0.717, 1.165) is 38.2 Å². The molecule has 0 unspecified atom stereocenters. The van der Waals surface area contributed by atoms with Crippen LogP contribution in [0.25, 0.3) is 0 Å². The molecule has 1 aliphatic rings. The maximum Gasteiger partial charge on any atom is 0.329 e. The predicted molar refractivity (Wildman–Crippen MR) is 62.6 cm³/mol. The number of anilines is 1. The first-order valence-electron chi connectivity index (χ1n) is 5.43. The molecule has 1 saturated heterocycles. The van der Waals surface area contributed by atoms with Crippen molar-refractivity contribution in [3.05, 3.63) is 30.7 Å². The van der Waals surface area contributed by atoms with E-state index in [-0.39, 0.29) is 0 Å². The molecule has 0 bridgehead atoms. The average molecular weight is 234 g/mol. The number of hydrogen-bond donors (Lipinski definition) is 1. The molecule has 1 aromatic heterocycles. The lowest BCUT2D eigenvalue weighted by molar-refractivity contribution is -0.131.